The molecule has 122 valence electrons. The van der Waals surface area contributed by atoms with E-state index in [1.54, 1.807) is 6.07 Å². The summed E-state index contributed by atoms with van der Waals surface area (Å²) in [5.41, 5.74) is 1.18. The summed E-state index contributed by atoms with van der Waals surface area (Å²) in [6.45, 7) is 2.74. The van der Waals surface area contributed by atoms with Gasteiger partial charge in [-0.3, -0.25) is 4.79 Å². The summed E-state index contributed by atoms with van der Waals surface area (Å²) in [6, 6.07) is 13.4. The molecule has 0 aliphatic rings. The summed E-state index contributed by atoms with van der Waals surface area (Å²) >= 11 is 1.25. The van der Waals surface area contributed by atoms with E-state index >= 15 is 0 Å². The maximum absolute atomic E-state index is 13.2. The molecule has 0 radical (unpaired) electrons. The van der Waals surface area contributed by atoms with Crippen molar-refractivity contribution in [2.24, 2.45) is 0 Å². The van der Waals surface area contributed by atoms with Gasteiger partial charge in [-0.15, -0.1) is 0 Å². The van der Waals surface area contributed by atoms with Crippen LogP contribution in [-0.2, 0) is 0 Å². The second-order valence-electron chi connectivity index (χ2n) is 5.12. The second-order valence-corrected chi connectivity index (χ2v) is 6.07. The number of fused-ring (bicyclic) bond motifs is 1. The van der Waals surface area contributed by atoms with E-state index in [-0.39, 0.29) is 11.5 Å². The molecule has 0 atom stereocenters. The van der Waals surface area contributed by atoms with E-state index in [2.05, 4.69) is 15.3 Å². The number of hydrogen-bond donors (Lipinski definition) is 1. The van der Waals surface area contributed by atoms with Crippen LogP contribution in [0.15, 0.2) is 53.7 Å². The molecule has 0 unspecified atom stereocenters. The van der Waals surface area contributed by atoms with Crippen molar-refractivity contribution in [2.75, 3.05) is 17.6 Å². The molecule has 3 aromatic rings. The maximum atomic E-state index is 13.2. The Balaban J connectivity index is 1.81. The third-order valence-electron chi connectivity index (χ3n) is 3.41. The van der Waals surface area contributed by atoms with Crippen molar-refractivity contribution in [3.05, 3.63) is 59.9 Å². The van der Waals surface area contributed by atoms with Crippen molar-refractivity contribution in [2.45, 2.75) is 12.1 Å². The van der Waals surface area contributed by atoms with Gasteiger partial charge in [0.1, 0.15) is 11.6 Å². The minimum Gasteiger partial charge on any atom is -0.370 e. The van der Waals surface area contributed by atoms with Gasteiger partial charge in [-0.2, -0.15) is 0 Å². The van der Waals surface area contributed by atoms with Crippen molar-refractivity contribution in [3.8, 4) is 0 Å². The van der Waals surface area contributed by atoms with Crippen molar-refractivity contribution in [3.63, 3.8) is 0 Å². The van der Waals surface area contributed by atoms with Crippen LogP contribution in [0.5, 0.6) is 0 Å². The van der Waals surface area contributed by atoms with Crippen molar-refractivity contribution < 1.29 is 9.18 Å². The first kappa shape index (κ1) is 16.4. The van der Waals surface area contributed by atoms with Gasteiger partial charge < -0.3 is 5.32 Å². The summed E-state index contributed by atoms with van der Waals surface area (Å²) in [5.74, 6) is 0.347. The number of anilines is 1. The number of aromatic nitrogens is 2. The Bertz CT molecular complexity index is 885. The third-order valence-corrected chi connectivity index (χ3v) is 4.25. The number of nitrogens with one attached hydrogen (secondary N) is 1. The van der Waals surface area contributed by atoms with E-state index in [9.17, 15) is 9.18 Å². The van der Waals surface area contributed by atoms with E-state index in [1.165, 1.54) is 30.0 Å². The Hall–Kier alpha value is -2.47. The van der Waals surface area contributed by atoms with Crippen LogP contribution in [-0.4, -0.2) is 28.0 Å². The Labute approximate surface area is 143 Å². The Morgan fingerprint density at radius 3 is 2.79 bits per heavy atom. The lowest BCUT2D eigenvalue weighted by atomic mass is 10.1. The highest BCUT2D eigenvalue weighted by Gasteiger charge is 2.11. The molecule has 4 nitrogen and oxygen atoms in total. The molecule has 0 spiro atoms. The predicted molar refractivity (Wildman–Crippen MR) is 95.2 cm³/mol. The van der Waals surface area contributed by atoms with Gasteiger partial charge in [-0.05, 0) is 31.2 Å². The lowest BCUT2D eigenvalue weighted by Crippen LogP contribution is -2.05. The minimum atomic E-state index is -0.415. The number of hydrogen-bond acceptors (Lipinski definition) is 5. The van der Waals surface area contributed by atoms with Crippen molar-refractivity contribution in [1.29, 1.82) is 0 Å². The molecule has 1 aromatic heterocycles. The highest BCUT2D eigenvalue weighted by atomic mass is 32.2. The third kappa shape index (κ3) is 3.71. The average Bonchev–Trinajstić information content (AvgIpc) is 2.60. The number of halogens is 1. The summed E-state index contributed by atoms with van der Waals surface area (Å²) in [7, 11) is 0. The highest BCUT2D eigenvalue weighted by molar-refractivity contribution is 7.99. The Morgan fingerprint density at radius 1 is 1.17 bits per heavy atom. The first-order valence-electron chi connectivity index (χ1n) is 7.59. The molecule has 0 saturated carbocycles. The fourth-order valence-electron chi connectivity index (χ4n) is 2.30. The molecular formula is C18H16FN3OS. The molecule has 3 rings (SSSR count). The molecule has 0 aliphatic heterocycles. The average molecular weight is 341 g/mol. The number of ketones is 1. The van der Waals surface area contributed by atoms with Crippen LogP contribution >= 0.6 is 11.8 Å². The van der Waals surface area contributed by atoms with Crippen molar-refractivity contribution in [1.82, 2.24) is 9.97 Å². The zero-order valence-corrected chi connectivity index (χ0v) is 13.9. The molecule has 1 heterocycles. The van der Waals surface area contributed by atoms with Crippen molar-refractivity contribution >= 4 is 34.3 Å². The molecule has 0 fully saturated rings. The monoisotopic (exact) mass is 341 g/mol. The largest absolute Gasteiger partial charge is 0.370 e. The number of carbonyl (C=O) groups excluding carboxylic acids is 1. The SMILES string of the molecule is CCNc1nc(SCC(=O)c2cccc(F)c2)nc2ccccc12. The highest BCUT2D eigenvalue weighted by Crippen LogP contribution is 2.24. The molecule has 0 bridgehead atoms. The molecule has 0 aliphatic carbocycles. The zero-order valence-electron chi connectivity index (χ0n) is 13.1. The van der Waals surface area contributed by atoms with Gasteiger partial charge in [0, 0.05) is 17.5 Å². The number of para-hydroxylation sites is 1. The molecule has 24 heavy (non-hydrogen) atoms. The summed E-state index contributed by atoms with van der Waals surface area (Å²) < 4.78 is 13.2. The number of rotatable bonds is 6. The quantitative estimate of drug-likeness (QED) is 0.414. The lowest BCUT2D eigenvalue weighted by molar-refractivity contribution is 0.102. The van der Waals surface area contributed by atoms with Gasteiger partial charge in [0.05, 0.1) is 11.3 Å². The number of thioether (sulfide) groups is 1. The first-order valence-corrected chi connectivity index (χ1v) is 8.58. The van der Waals surface area contributed by atoms with Gasteiger partial charge in [0.2, 0.25) is 0 Å². The smallest absolute Gasteiger partial charge is 0.190 e. The van der Waals surface area contributed by atoms with E-state index in [4.69, 9.17) is 0 Å². The zero-order chi connectivity index (χ0) is 16.9. The minimum absolute atomic E-state index is 0.152. The molecule has 1 N–H and O–H groups in total. The van der Waals surface area contributed by atoms with E-state index in [0.717, 1.165) is 23.3 Å². The fraction of sp³-hybridized carbons (Fsp3) is 0.167. The topological polar surface area (TPSA) is 54.9 Å². The number of Topliss-reactive ketones (excluding diaryl/α,β-unsaturated/α-hetero) is 1. The van der Waals surface area contributed by atoms with Gasteiger partial charge >= 0.3 is 0 Å². The van der Waals surface area contributed by atoms with Crippen LogP contribution in [0.3, 0.4) is 0 Å². The molecule has 6 heteroatoms. The van der Waals surface area contributed by atoms with Crippen LogP contribution in [0.2, 0.25) is 0 Å². The van der Waals surface area contributed by atoms with E-state index in [0.29, 0.717) is 10.7 Å². The van der Waals surface area contributed by atoms with E-state index < -0.39 is 5.82 Å². The standard InChI is InChI=1S/C18H16FN3OS/c1-2-20-17-14-8-3-4-9-15(14)21-18(22-17)24-11-16(23)12-6-5-7-13(19)10-12/h3-10H,2,11H2,1H3,(H,20,21,22). The van der Waals surface area contributed by atoms with Gasteiger partial charge in [-0.25, -0.2) is 14.4 Å². The lowest BCUT2D eigenvalue weighted by Gasteiger charge is -2.09. The number of nitrogens with zero attached hydrogens (tertiary/aromatic N) is 2. The molecule has 2 aromatic carbocycles. The van der Waals surface area contributed by atoms with Crippen LogP contribution < -0.4 is 5.32 Å². The second kappa shape index (κ2) is 7.40. The van der Waals surface area contributed by atoms with Gasteiger partial charge in [-0.1, -0.05) is 36.0 Å². The molecule has 0 amide bonds. The Morgan fingerprint density at radius 2 is 2.00 bits per heavy atom. The Kier molecular flexibility index (Phi) is 5.05. The first-order chi connectivity index (χ1) is 11.7. The maximum Gasteiger partial charge on any atom is 0.190 e. The number of benzene rings is 2. The van der Waals surface area contributed by atoms with Crippen LogP contribution in [0.25, 0.3) is 10.9 Å². The summed E-state index contributed by atoms with van der Waals surface area (Å²) in [6.07, 6.45) is 0. The van der Waals surface area contributed by atoms with Gasteiger partial charge in [0.15, 0.2) is 10.9 Å². The van der Waals surface area contributed by atoms with Gasteiger partial charge in [0.25, 0.3) is 0 Å². The van der Waals surface area contributed by atoms with E-state index in [1.807, 2.05) is 31.2 Å². The molecular weight excluding hydrogens is 325 g/mol. The number of carbonyl (C=O) groups is 1. The van der Waals surface area contributed by atoms with Crippen LogP contribution in [0, 0.1) is 5.82 Å². The van der Waals surface area contributed by atoms with Crippen LogP contribution in [0.4, 0.5) is 10.2 Å². The summed E-state index contributed by atoms with van der Waals surface area (Å²) in [4.78, 5) is 21.2. The normalized spacial score (nSPS) is 10.8. The van der Waals surface area contributed by atoms with Crippen LogP contribution in [0.1, 0.15) is 17.3 Å². The fourth-order valence-corrected chi connectivity index (χ4v) is 3.04. The molecule has 0 saturated heterocycles. The predicted octanol–water partition coefficient (Wildman–Crippen LogP) is 4.18. The summed E-state index contributed by atoms with van der Waals surface area (Å²) in [5, 5.41) is 4.69.